The molecule has 106 valence electrons. The Morgan fingerprint density at radius 1 is 1.40 bits per heavy atom. The number of aliphatic hydroxyl groups is 1. The second-order valence-corrected chi connectivity index (χ2v) is 4.75. The van der Waals surface area contributed by atoms with Crippen LogP contribution < -0.4 is 5.32 Å². The number of aliphatic hydroxyl groups excluding tert-OH is 1. The first kappa shape index (κ1) is 14.2. The van der Waals surface area contributed by atoms with Gasteiger partial charge in [-0.15, -0.1) is 0 Å². The molecular formula is C14H18N4O2. The Morgan fingerprint density at radius 2 is 2.20 bits per heavy atom. The molecule has 0 aliphatic heterocycles. The topological polar surface area (TPSA) is 80.0 Å². The standard InChI is InChI=1S/C14H18N4O2/c1-10(9-19)11(2)16-14(20)12-5-3-6-13(17-12)18-8-4-7-15-18/h3-8,10-11,19H,9H2,1-2H3,(H,16,20). The first-order chi connectivity index (χ1) is 9.61. The highest BCUT2D eigenvalue weighted by Crippen LogP contribution is 2.06. The zero-order valence-electron chi connectivity index (χ0n) is 11.5. The van der Waals surface area contributed by atoms with Crippen molar-refractivity contribution in [2.24, 2.45) is 5.92 Å². The molecule has 6 nitrogen and oxygen atoms in total. The van der Waals surface area contributed by atoms with Gasteiger partial charge in [-0.3, -0.25) is 4.79 Å². The molecule has 2 rings (SSSR count). The van der Waals surface area contributed by atoms with Crippen LogP contribution in [-0.4, -0.2) is 38.4 Å². The number of pyridine rings is 1. The van der Waals surface area contributed by atoms with Gasteiger partial charge in [-0.25, -0.2) is 9.67 Å². The van der Waals surface area contributed by atoms with Gasteiger partial charge in [-0.05, 0) is 31.0 Å². The van der Waals surface area contributed by atoms with Crippen molar-refractivity contribution in [2.45, 2.75) is 19.9 Å². The van der Waals surface area contributed by atoms with Crippen molar-refractivity contribution in [1.82, 2.24) is 20.1 Å². The SMILES string of the molecule is CC(CO)C(C)NC(=O)c1cccc(-n2cccn2)n1. The lowest BCUT2D eigenvalue weighted by Crippen LogP contribution is -2.38. The van der Waals surface area contributed by atoms with Crippen LogP contribution in [0.15, 0.2) is 36.7 Å². The van der Waals surface area contributed by atoms with E-state index in [2.05, 4.69) is 15.4 Å². The van der Waals surface area contributed by atoms with Gasteiger partial charge in [0.25, 0.3) is 5.91 Å². The monoisotopic (exact) mass is 274 g/mol. The summed E-state index contributed by atoms with van der Waals surface area (Å²) in [6.07, 6.45) is 3.42. The highest BCUT2D eigenvalue weighted by Gasteiger charge is 2.16. The minimum absolute atomic E-state index is 0.00625. The summed E-state index contributed by atoms with van der Waals surface area (Å²) in [7, 11) is 0. The number of rotatable bonds is 5. The van der Waals surface area contributed by atoms with Crippen molar-refractivity contribution in [3.63, 3.8) is 0 Å². The van der Waals surface area contributed by atoms with Crippen LogP contribution in [-0.2, 0) is 0 Å². The summed E-state index contributed by atoms with van der Waals surface area (Å²) in [4.78, 5) is 16.4. The zero-order chi connectivity index (χ0) is 14.5. The van der Waals surface area contributed by atoms with Gasteiger partial charge in [-0.2, -0.15) is 5.10 Å². The van der Waals surface area contributed by atoms with Gasteiger partial charge in [0.2, 0.25) is 0 Å². The maximum Gasteiger partial charge on any atom is 0.270 e. The second kappa shape index (κ2) is 6.29. The lowest BCUT2D eigenvalue weighted by molar-refractivity contribution is 0.0911. The van der Waals surface area contributed by atoms with E-state index in [1.54, 1.807) is 41.3 Å². The molecule has 0 aromatic carbocycles. The molecule has 2 aromatic rings. The minimum atomic E-state index is -0.258. The normalized spacial score (nSPS) is 13.8. The maximum absolute atomic E-state index is 12.1. The fourth-order valence-electron chi connectivity index (χ4n) is 1.66. The first-order valence-electron chi connectivity index (χ1n) is 6.50. The lowest BCUT2D eigenvalue weighted by Gasteiger charge is -2.19. The Bertz CT molecular complexity index is 568. The van der Waals surface area contributed by atoms with Crippen LogP contribution in [0, 0.1) is 5.92 Å². The Hall–Kier alpha value is -2.21. The molecule has 6 heteroatoms. The van der Waals surface area contributed by atoms with Crippen molar-refractivity contribution in [3.05, 3.63) is 42.4 Å². The number of aromatic nitrogens is 3. The van der Waals surface area contributed by atoms with Gasteiger partial charge in [0.15, 0.2) is 5.82 Å². The van der Waals surface area contributed by atoms with Gasteiger partial charge in [0.05, 0.1) is 0 Å². The van der Waals surface area contributed by atoms with Gasteiger partial charge < -0.3 is 10.4 Å². The van der Waals surface area contributed by atoms with Crippen LogP contribution in [0.1, 0.15) is 24.3 Å². The largest absolute Gasteiger partial charge is 0.396 e. The summed E-state index contributed by atoms with van der Waals surface area (Å²) in [5, 5.41) is 16.0. The predicted molar refractivity (Wildman–Crippen MR) is 74.5 cm³/mol. The van der Waals surface area contributed by atoms with Gasteiger partial charge in [0.1, 0.15) is 5.69 Å². The van der Waals surface area contributed by atoms with Crippen LogP contribution in [0.5, 0.6) is 0 Å². The molecule has 0 spiro atoms. The van der Waals surface area contributed by atoms with Crippen molar-refractivity contribution >= 4 is 5.91 Å². The number of nitrogens with one attached hydrogen (secondary N) is 1. The number of amides is 1. The Balaban J connectivity index is 2.13. The van der Waals surface area contributed by atoms with E-state index in [1.165, 1.54) is 0 Å². The van der Waals surface area contributed by atoms with E-state index in [4.69, 9.17) is 5.11 Å². The molecular weight excluding hydrogens is 256 g/mol. The average Bonchev–Trinajstić information content (AvgIpc) is 3.00. The molecule has 0 aliphatic carbocycles. The predicted octanol–water partition coefficient (Wildman–Crippen LogP) is 1.01. The molecule has 0 radical (unpaired) electrons. The molecule has 2 aromatic heterocycles. The minimum Gasteiger partial charge on any atom is -0.396 e. The Kier molecular flexibility index (Phi) is 4.47. The van der Waals surface area contributed by atoms with Gasteiger partial charge in [-0.1, -0.05) is 13.0 Å². The molecule has 0 aliphatic rings. The Morgan fingerprint density at radius 3 is 2.85 bits per heavy atom. The third kappa shape index (κ3) is 3.21. The van der Waals surface area contributed by atoms with E-state index < -0.39 is 0 Å². The van der Waals surface area contributed by atoms with Gasteiger partial charge >= 0.3 is 0 Å². The summed E-state index contributed by atoms with van der Waals surface area (Å²) in [6, 6.07) is 6.86. The van der Waals surface area contributed by atoms with E-state index in [9.17, 15) is 4.79 Å². The number of nitrogens with zero attached hydrogens (tertiary/aromatic N) is 3. The third-order valence-electron chi connectivity index (χ3n) is 3.21. The van der Waals surface area contributed by atoms with Crippen LogP contribution in [0.25, 0.3) is 5.82 Å². The van der Waals surface area contributed by atoms with Crippen molar-refractivity contribution in [3.8, 4) is 5.82 Å². The molecule has 2 unspecified atom stereocenters. The Labute approximate surface area is 117 Å². The summed E-state index contributed by atoms with van der Waals surface area (Å²) in [5.74, 6) is 0.325. The van der Waals surface area contributed by atoms with Crippen LogP contribution in [0.2, 0.25) is 0 Å². The van der Waals surface area contributed by atoms with Crippen molar-refractivity contribution in [2.75, 3.05) is 6.61 Å². The molecule has 0 bridgehead atoms. The molecule has 1 amide bonds. The quantitative estimate of drug-likeness (QED) is 0.853. The molecule has 2 atom stereocenters. The summed E-state index contributed by atoms with van der Waals surface area (Å²) in [6.45, 7) is 3.76. The van der Waals surface area contributed by atoms with E-state index in [1.807, 2.05) is 13.8 Å². The average molecular weight is 274 g/mol. The summed E-state index contributed by atoms with van der Waals surface area (Å²) >= 11 is 0. The number of carbonyl (C=O) groups is 1. The third-order valence-corrected chi connectivity index (χ3v) is 3.21. The molecule has 0 saturated carbocycles. The van der Waals surface area contributed by atoms with Crippen molar-refractivity contribution < 1.29 is 9.90 Å². The maximum atomic E-state index is 12.1. The van der Waals surface area contributed by atoms with E-state index in [0.29, 0.717) is 11.5 Å². The molecule has 0 saturated heterocycles. The first-order valence-corrected chi connectivity index (χ1v) is 6.50. The number of hydrogen-bond donors (Lipinski definition) is 2. The molecule has 2 N–H and O–H groups in total. The molecule has 0 fully saturated rings. The van der Waals surface area contributed by atoms with Crippen LogP contribution >= 0.6 is 0 Å². The highest BCUT2D eigenvalue weighted by molar-refractivity contribution is 5.92. The van der Waals surface area contributed by atoms with E-state index >= 15 is 0 Å². The molecule has 2 heterocycles. The lowest BCUT2D eigenvalue weighted by atomic mass is 10.1. The van der Waals surface area contributed by atoms with Crippen LogP contribution in [0.3, 0.4) is 0 Å². The van der Waals surface area contributed by atoms with Gasteiger partial charge in [0, 0.05) is 25.0 Å². The second-order valence-electron chi connectivity index (χ2n) is 4.75. The van der Waals surface area contributed by atoms with Crippen LogP contribution in [0.4, 0.5) is 0 Å². The van der Waals surface area contributed by atoms with Crippen molar-refractivity contribution in [1.29, 1.82) is 0 Å². The fraction of sp³-hybridized carbons (Fsp3) is 0.357. The zero-order valence-corrected chi connectivity index (χ0v) is 11.5. The van der Waals surface area contributed by atoms with E-state index in [0.717, 1.165) is 0 Å². The summed E-state index contributed by atoms with van der Waals surface area (Å²) in [5.41, 5.74) is 0.329. The number of carbonyl (C=O) groups excluding carboxylic acids is 1. The fourth-order valence-corrected chi connectivity index (χ4v) is 1.66. The van der Waals surface area contributed by atoms with E-state index in [-0.39, 0.29) is 24.5 Å². The number of hydrogen-bond acceptors (Lipinski definition) is 4. The summed E-state index contributed by atoms with van der Waals surface area (Å²) < 4.78 is 1.59. The molecule has 20 heavy (non-hydrogen) atoms. The smallest absolute Gasteiger partial charge is 0.270 e. The highest BCUT2D eigenvalue weighted by atomic mass is 16.3.